The first-order chi connectivity index (χ1) is 6.57. The maximum Gasteiger partial charge on any atom is 0.338 e. The number of nitrogens with zero attached hydrogens (tertiary/aromatic N) is 3. The third kappa shape index (κ3) is 5.64. The molecule has 0 aliphatic carbocycles. The number of aromatic nitrogens is 2. The van der Waals surface area contributed by atoms with Gasteiger partial charge in [-0.05, 0) is 0 Å². The van der Waals surface area contributed by atoms with E-state index in [1.54, 1.807) is 14.1 Å². The van der Waals surface area contributed by atoms with Crippen LogP contribution in [0.15, 0.2) is 18.7 Å². The maximum atomic E-state index is 10.1. The van der Waals surface area contributed by atoms with Crippen LogP contribution in [0.1, 0.15) is 10.4 Å². The first kappa shape index (κ1) is 12.0. The zero-order chi connectivity index (χ0) is 11.0. The Hall–Kier alpha value is -1.98. The lowest BCUT2D eigenvalue weighted by molar-refractivity contribution is -0.115. The third-order valence-corrected chi connectivity index (χ3v) is 1.02. The lowest BCUT2D eigenvalue weighted by atomic mass is 10.4. The minimum atomic E-state index is -1.00. The average molecular weight is 197 g/mol. The molecule has 6 nitrogen and oxygen atoms in total. The highest BCUT2D eigenvalue weighted by molar-refractivity contribution is 5.86. The van der Waals surface area contributed by atoms with Crippen molar-refractivity contribution in [3.63, 3.8) is 0 Å². The Labute approximate surface area is 81.2 Å². The van der Waals surface area contributed by atoms with Crippen molar-refractivity contribution in [1.29, 1.82) is 0 Å². The Morgan fingerprint density at radius 3 is 2.07 bits per heavy atom. The first-order valence-electron chi connectivity index (χ1n) is 3.68. The molecule has 0 saturated heterocycles. The van der Waals surface area contributed by atoms with Gasteiger partial charge in [0.2, 0.25) is 6.41 Å². The van der Waals surface area contributed by atoms with E-state index in [1.807, 2.05) is 0 Å². The number of carbonyl (C=O) groups is 2. The molecule has 0 aliphatic rings. The summed E-state index contributed by atoms with van der Waals surface area (Å²) in [5.41, 5.74) is 0.109. The molecule has 0 aliphatic heterocycles. The molecule has 14 heavy (non-hydrogen) atoms. The molecule has 1 heterocycles. The Morgan fingerprint density at radius 1 is 1.43 bits per heavy atom. The van der Waals surface area contributed by atoms with Gasteiger partial charge in [0.1, 0.15) is 6.33 Å². The molecule has 0 aromatic carbocycles. The maximum absolute atomic E-state index is 10.1. The van der Waals surface area contributed by atoms with Crippen LogP contribution >= 0.6 is 0 Å². The number of hydrogen-bond acceptors (Lipinski definition) is 4. The Morgan fingerprint density at radius 2 is 1.86 bits per heavy atom. The van der Waals surface area contributed by atoms with E-state index in [1.165, 1.54) is 23.6 Å². The van der Waals surface area contributed by atoms with Gasteiger partial charge in [0.15, 0.2) is 0 Å². The largest absolute Gasteiger partial charge is 0.478 e. The summed E-state index contributed by atoms with van der Waals surface area (Å²) in [7, 11) is 3.38. The van der Waals surface area contributed by atoms with Crippen LogP contribution in [0.4, 0.5) is 0 Å². The van der Waals surface area contributed by atoms with E-state index in [9.17, 15) is 9.59 Å². The number of carboxylic acid groups (broad SMARTS) is 1. The highest BCUT2D eigenvalue weighted by Crippen LogP contribution is 1.89. The number of amides is 1. The van der Waals surface area contributed by atoms with Gasteiger partial charge in [0, 0.05) is 26.5 Å². The normalized spacial score (nSPS) is 8.14. The predicted octanol–water partition coefficient (Wildman–Crippen LogP) is -0.121. The second kappa shape index (κ2) is 6.53. The summed E-state index contributed by atoms with van der Waals surface area (Å²) in [5.74, 6) is -1.00. The van der Waals surface area contributed by atoms with Crippen LogP contribution in [0, 0.1) is 0 Å². The van der Waals surface area contributed by atoms with Crippen molar-refractivity contribution in [3.05, 3.63) is 24.3 Å². The molecule has 1 N–H and O–H groups in total. The van der Waals surface area contributed by atoms with Gasteiger partial charge >= 0.3 is 5.97 Å². The third-order valence-electron chi connectivity index (χ3n) is 1.02. The topological polar surface area (TPSA) is 83.4 Å². The molecule has 0 bridgehead atoms. The molecule has 0 saturated carbocycles. The van der Waals surface area contributed by atoms with Crippen LogP contribution < -0.4 is 0 Å². The SMILES string of the molecule is CN(C)C=O.O=C(O)c1cncnc1. The molecule has 0 spiro atoms. The van der Waals surface area contributed by atoms with Gasteiger partial charge in [-0.3, -0.25) is 4.79 Å². The van der Waals surface area contributed by atoms with Gasteiger partial charge in [-0.25, -0.2) is 14.8 Å². The summed E-state index contributed by atoms with van der Waals surface area (Å²) in [6.07, 6.45) is 4.52. The van der Waals surface area contributed by atoms with Crippen LogP contribution in [-0.2, 0) is 4.79 Å². The van der Waals surface area contributed by atoms with E-state index in [4.69, 9.17) is 5.11 Å². The molecule has 1 aromatic rings. The molecular weight excluding hydrogens is 186 g/mol. The van der Waals surface area contributed by atoms with Gasteiger partial charge in [-0.15, -0.1) is 0 Å². The minimum absolute atomic E-state index is 0.109. The summed E-state index contributed by atoms with van der Waals surface area (Å²) >= 11 is 0. The van der Waals surface area contributed by atoms with Crippen molar-refractivity contribution < 1.29 is 14.7 Å². The monoisotopic (exact) mass is 197 g/mol. The van der Waals surface area contributed by atoms with Gasteiger partial charge in [-0.2, -0.15) is 0 Å². The van der Waals surface area contributed by atoms with Crippen LogP contribution in [-0.4, -0.2) is 46.4 Å². The Balaban J connectivity index is 0.000000292. The van der Waals surface area contributed by atoms with Crippen molar-refractivity contribution in [2.75, 3.05) is 14.1 Å². The van der Waals surface area contributed by atoms with E-state index in [0.29, 0.717) is 0 Å². The van der Waals surface area contributed by atoms with Crippen molar-refractivity contribution >= 4 is 12.4 Å². The predicted molar refractivity (Wildman–Crippen MR) is 48.7 cm³/mol. The lowest BCUT2D eigenvalue weighted by Gasteiger charge is -1.93. The van der Waals surface area contributed by atoms with Crippen LogP contribution in [0.3, 0.4) is 0 Å². The van der Waals surface area contributed by atoms with E-state index >= 15 is 0 Å². The van der Waals surface area contributed by atoms with Gasteiger partial charge < -0.3 is 10.0 Å². The smallest absolute Gasteiger partial charge is 0.338 e. The number of aromatic carboxylic acids is 1. The molecule has 0 fully saturated rings. The summed E-state index contributed by atoms with van der Waals surface area (Å²) in [6, 6.07) is 0. The summed E-state index contributed by atoms with van der Waals surface area (Å²) < 4.78 is 0. The summed E-state index contributed by atoms with van der Waals surface area (Å²) in [5, 5.41) is 8.30. The van der Waals surface area contributed by atoms with E-state index in [2.05, 4.69) is 9.97 Å². The zero-order valence-electron chi connectivity index (χ0n) is 7.91. The molecule has 0 unspecified atom stereocenters. The fourth-order valence-electron chi connectivity index (χ4n) is 0.410. The minimum Gasteiger partial charge on any atom is -0.478 e. The van der Waals surface area contributed by atoms with Crippen molar-refractivity contribution in [2.24, 2.45) is 0 Å². The molecule has 1 amide bonds. The van der Waals surface area contributed by atoms with Crippen LogP contribution in [0.2, 0.25) is 0 Å². The van der Waals surface area contributed by atoms with Crippen LogP contribution in [0.5, 0.6) is 0 Å². The first-order valence-corrected chi connectivity index (χ1v) is 3.68. The zero-order valence-corrected chi connectivity index (χ0v) is 7.91. The molecule has 1 aromatic heterocycles. The molecule has 6 heteroatoms. The highest BCUT2D eigenvalue weighted by Gasteiger charge is 1.98. The van der Waals surface area contributed by atoms with E-state index < -0.39 is 5.97 Å². The van der Waals surface area contributed by atoms with Gasteiger partial charge in [0.25, 0.3) is 0 Å². The van der Waals surface area contributed by atoms with E-state index in [0.717, 1.165) is 6.41 Å². The molecule has 0 atom stereocenters. The fraction of sp³-hybridized carbons (Fsp3) is 0.250. The quantitative estimate of drug-likeness (QED) is 0.668. The number of rotatable bonds is 2. The molecular formula is C8H11N3O3. The number of hydrogen-bond donors (Lipinski definition) is 1. The molecule has 1 rings (SSSR count). The molecule has 0 radical (unpaired) electrons. The van der Waals surface area contributed by atoms with Crippen molar-refractivity contribution in [2.45, 2.75) is 0 Å². The lowest BCUT2D eigenvalue weighted by Crippen LogP contribution is -2.06. The Bertz CT molecular complexity index is 287. The Kier molecular flexibility index (Phi) is 5.60. The fourth-order valence-corrected chi connectivity index (χ4v) is 0.410. The van der Waals surface area contributed by atoms with Gasteiger partial charge in [-0.1, -0.05) is 0 Å². The van der Waals surface area contributed by atoms with Crippen LogP contribution in [0.25, 0.3) is 0 Å². The van der Waals surface area contributed by atoms with E-state index in [-0.39, 0.29) is 5.56 Å². The second-order valence-corrected chi connectivity index (χ2v) is 2.50. The second-order valence-electron chi connectivity index (χ2n) is 2.50. The molecule has 76 valence electrons. The van der Waals surface area contributed by atoms with Gasteiger partial charge in [0.05, 0.1) is 5.56 Å². The summed E-state index contributed by atoms with van der Waals surface area (Å²) in [6.45, 7) is 0. The summed E-state index contributed by atoms with van der Waals surface area (Å²) in [4.78, 5) is 28.0. The average Bonchev–Trinajstić information content (AvgIpc) is 2.20. The van der Waals surface area contributed by atoms with Crippen molar-refractivity contribution in [1.82, 2.24) is 14.9 Å². The standard InChI is InChI=1S/C5H4N2O2.C3H7NO/c8-5(9)4-1-6-3-7-2-4;1-4(2)3-5/h1-3H,(H,8,9);3H,1-2H3. The number of carboxylic acids is 1. The van der Waals surface area contributed by atoms with Crippen molar-refractivity contribution in [3.8, 4) is 0 Å². The highest BCUT2D eigenvalue weighted by atomic mass is 16.4. The number of carbonyl (C=O) groups excluding carboxylic acids is 1.